The van der Waals surface area contributed by atoms with E-state index in [1.165, 1.54) is 23.3 Å². The summed E-state index contributed by atoms with van der Waals surface area (Å²) in [6, 6.07) is 24.1. The Labute approximate surface area is 242 Å². The lowest BCUT2D eigenvalue weighted by Gasteiger charge is -2.37. The first-order chi connectivity index (χ1) is 18.7. The third-order valence-electron chi connectivity index (χ3n) is 5.50. The summed E-state index contributed by atoms with van der Waals surface area (Å²) < 4.78 is 32.2. The highest BCUT2D eigenvalue weighted by molar-refractivity contribution is 7.82. The zero-order valence-corrected chi connectivity index (χ0v) is 24.2. The van der Waals surface area contributed by atoms with Crippen molar-refractivity contribution < 1.29 is 22.9 Å². The Bertz CT molecular complexity index is 1130. The van der Waals surface area contributed by atoms with Gasteiger partial charge in [-0.15, -0.1) is 0 Å². The molecule has 0 bridgehead atoms. The van der Waals surface area contributed by atoms with Crippen LogP contribution in [0.15, 0.2) is 84.9 Å². The first kappa shape index (κ1) is 32.4. The van der Waals surface area contributed by atoms with E-state index in [4.69, 9.17) is 27.9 Å². The Balaban J connectivity index is 0.000000306. The van der Waals surface area contributed by atoms with Crippen LogP contribution in [-0.4, -0.2) is 52.5 Å². The molecule has 0 aromatic heterocycles. The van der Waals surface area contributed by atoms with Gasteiger partial charge in [-0.1, -0.05) is 85.1 Å². The zero-order chi connectivity index (χ0) is 28.6. The number of halogens is 3. The van der Waals surface area contributed by atoms with E-state index < -0.39 is 29.0 Å². The average Bonchev–Trinajstić information content (AvgIpc) is 2.91. The van der Waals surface area contributed by atoms with Crippen LogP contribution in [0, 0.1) is 5.82 Å². The Morgan fingerprint density at radius 3 is 2.00 bits per heavy atom. The Kier molecular flexibility index (Phi) is 14.8. The molecule has 0 aliphatic carbocycles. The zero-order valence-electron chi connectivity index (χ0n) is 21.9. The molecule has 210 valence electrons. The molecule has 1 fully saturated rings. The molecule has 3 aromatic rings. The van der Waals surface area contributed by atoms with Gasteiger partial charge < -0.3 is 9.64 Å². The summed E-state index contributed by atoms with van der Waals surface area (Å²) in [7, 11) is -1.48. The molecule has 10 heteroatoms. The van der Waals surface area contributed by atoms with E-state index in [-0.39, 0.29) is 11.7 Å². The molecule has 1 saturated heterocycles. The molecule has 3 unspecified atom stereocenters. The molecule has 4 rings (SSSR count). The molecule has 1 aliphatic rings. The van der Waals surface area contributed by atoms with Crippen molar-refractivity contribution in [3.8, 4) is 0 Å². The van der Waals surface area contributed by atoms with Crippen LogP contribution in [0.4, 0.5) is 4.39 Å². The minimum Gasteiger partial charge on any atom is -0.366 e. The normalized spacial score (nSPS) is 16.1. The third kappa shape index (κ3) is 12.3. The first-order valence-electron chi connectivity index (χ1n) is 12.4. The van der Waals surface area contributed by atoms with E-state index in [2.05, 4.69) is 4.72 Å². The molecule has 3 atom stereocenters. The van der Waals surface area contributed by atoms with Gasteiger partial charge in [0.25, 0.3) is 11.8 Å². The topological polar surface area (TPSA) is 75.7 Å². The second-order valence-electron chi connectivity index (χ2n) is 8.54. The minimum absolute atomic E-state index is 0.272. The average molecular weight is 596 g/mol. The monoisotopic (exact) mass is 594 g/mol. The summed E-state index contributed by atoms with van der Waals surface area (Å²) in [5, 5.41) is 1.59. The maximum atomic E-state index is 13.0. The SMILES string of the molecule is CCCC(C(=O)NS(C)=O)N1CCOC(Cc2ccc(F)cc2)C1=O.Clc1ccccc1.Clc1ccccc1. The van der Waals surface area contributed by atoms with E-state index >= 15 is 0 Å². The van der Waals surface area contributed by atoms with Gasteiger partial charge >= 0.3 is 0 Å². The second kappa shape index (κ2) is 17.7. The van der Waals surface area contributed by atoms with Crippen molar-refractivity contribution in [2.24, 2.45) is 0 Å². The molecule has 1 heterocycles. The number of nitrogens with zero attached hydrogens (tertiary/aromatic N) is 1. The van der Waals surface area contributed by atoms with Crippen LogP contribution in [0.25, 0.3) is 0 Å². The van der Waals surface area contributed by atoms with Crippen LogP contribution in [0.1, 0.15) is 25.3 Å². The molecule has 39 heavy (non-hydrogen) atoms. The number of hydrogen-bond acceptors (Lipinski definition) is 4. The van der Waals surface area contributed by atoms with Gasteiger partial charge in [0.2, 0.25) is 0 Å². The summed E-state index contributed by atoms with van der Waals surface area (Å²) in [6.07, 6.45) is 2.17. The Hall–Kier alpha value is -2.78. The predicted molar refractivity (Wildman–Crippen MR) is 155 cm³/mol. The highest BCUT2D eigenvalue weighted by atomic mass is 35.5. The van der Waals surface area contributed by atoms with E-state index in [0.29, 0.717) is 32.4 Å². The van der Waals surface area contributed by atoms with Crippen molar-refractivity contribution in [3.63, 3.8) is 0 Å². The number of carbonyl (C=O) groups is 2. The minimum atomic E-state index is -1.48. The molecular weight excluding hydrogens is 562 g/mol. The molecule has 0 radical (unpaired) electrons. The van der Waals surface area contributed by atoms with Gasteiger partial charge in [0.05, 0.1) is 6.61 Å². The van der Waals surface area contributed by atoms with Crippen molar-refractivity contribution in [3.05, 3.63) is 106 Å². The lowest BCUT2D eigenvalue weighted by Crippen LogP contribution is -2.57. The highest BCUT2D eigenvalue weighted by Crippen LogP contribution is 2.18. The number of morpholine rings is 1. The second-order valence-corrected chi connectivity index (χ2v) is 10.5. The Morgan fingerprint density at radius 2 is 1.56 bits per heavy atom. The number of ether oxygens (including phenoxy) is 1. The van der Waals surface area contributed by atoms with E-state index in [0.717, 1.165) is 15.6 Å². The smallest absolute Gasteiger partial charge is 0.254 e. The van der Waals surface area contributed by atoms with Gasteiger partial charge in [-0.2, -0.15) is 0 Å². The van der Waals surface area contributed by atoms with Crippen molar-refractivity contribution in [1.29, 1.82) is 0 Å². The fraction of sp³-hybridized carbons (Fsp3) is 0.310. The molecular formula is C29H33Cl2FN2O4S. The predicted octanol–water partition coefficient (Wildman–Crippen LogP) is 5.85. The molecule has 2 amide bonds. The largest absolute Gasteiger partial charge is 0.366 e. The third-order valence-corrected chi connectivity index (χ3v) is 6.49. The maximum Gasteiger partial charge on any atom is 0.254 e. The summed E-state index contributed by atoms with van der Waals surface area (Å²) >= 11 is 11.1. The first-order valence-corrected chi connectivity index (χ1v) is 14.7. The van der Waals surface area contributed by atoms with Crippen LogP contribution in [0.5, 0.6) is 0 Å². The standard InChI is InChI=1S/C17H23FN2O4S.2C6H5Cl/c1-3-4-14(16(21)19-25(2)23)20-9-10-24-15(17(20)22)11-12-5-7-13(18)8-6-12;2*7-6-4-2-1-3-5-6/h5-8,14-15H,3-4,9-11H2,1-2H3,(H,19,21);2*1-5H. The number of rotatable bonds is 7. The lowest BCUT2D eigenvalue weighted by molar-refractivity contribution is -0.159. The molecule has 6 nitrogen and oxygen atoms in total. The van der Waals surface area contributed by atoms with Crippen LogP contribution >= 0.6 is 23.2 Å². The number of nitrogens with one attached hydrogen (secondary N) is 1. The fourth-order valence-corrected chi connectivity index (χ4v) is 4.40. The number of hydrogen-bond donors (Lipinski definition) is 1. The van der Waals surface area contributed by atoms with Crippen molar-refractivity contribution >= 4 is 46.0 Å². The van der Waals surface area contributed by atoms with Crippen LogP contribution in [0.2, 0.25) is 10.0 Å². The fourth-order valence-electron chi connectivity index (χ4n) is 3.69. The number of amides is 2. The molecule has 0 saturated carbocycles. The van der Waals surface area contributed by atoms with E-state index in [9.17, 15) is 18.2 Å². The number of benzene rings is 3. The lowest BCUT2D eigenvalue weighted by atomic mass is 10.0. The van der Waals surface area contributed by atoms with Gasteiger partial charge in [-0.3, -0.25) is 14.3 Å². The quantitative estimate of drug-likeness (QED) is 0.372. The molecule has 3 aromatic carbocycles. The van der Waals surface area contributed by atoms with Gasteiger partial charge in [0.1, 0.15) is 28.9 Å². The van der Waals surface area contributed by atoms with Gasteiger partial charge in [0, 0.05) is 29.3 Å². The van der Waals surface area contributed by atoms with Crippen molar-refractivity contribution in [2.75, 3.05) is 19.4 Å². The summed E-state index contributed by atoms with van der Waals surface area (Å²) in [5.41, 5.74) is 0.785. The summed E-state index contributed by atoms with van der Waals surface area (Å²) in [6.45, 7) is 2.55. The van der Waals surface area contributed by atoms with E-state index in [1.807, 2.05) is 67.6 Å². The maximum absolute atomic E-state index is 13.0. The van der Waals surface area contributed by atoms with Crippen LogP contribution < -0.4 is 4.72 Å². The van der Waals surface area contributed by atoms with Crippen LogP contribution in [0.3, 0.4) is 0 Å². The van der Waals surface area contributed by atoms with Crippen molar-refractivity contribution in [2.45, 2.75) is 38.3 Å². The number of carbonyl (C=O) groups excluding carboxylic acids is 2. The summed E-state index contributed by atoms with van der Waals surface area (Å²) in [5.74, 6) is -1.03. The van der Waals surface area contributed by atoms with Gasteiger partial charge in [-0.25, -0.2) is 8.60 Å². The van der Waals surface area contributed by atoms with Crippen LogP contribution in [-0.2, 0) is 31.7 Å². The van der Waals surface area contributed by atoms with Crippen molar-refractivity contribution in [1.82, 2.24) is 9.62 Å². The van der Waals surface area contributed by atoms with E-state index in [1.54, 1.807) is 12.1 Å². The Morgan fingerprint density at radius 1 is 1.03 bits per heavy atom. The highest BCUT2D eigenvalue weighted by Gasteiger charge is 2.37. The molecule has 1 aliphatic heterocycles. The summed E-state index contributed by atoms with van der Waals surface area (Å²) in [4.78, 5) is 26.6. The van der Waals surface area contributed by atoms with Gasteiger partial charge in [0.15, 0.2) is 0 Å². The molecule has 1 N–H and O–H groups in total. The molecule has 0 spiro atoms. The van der Waals surface area contributed by atoms with Gasteiger partial charge in [-0.05, 0) is 48.4 Å².